The number of carboxylic acids is 1. The van der Waals surface area contributed by atoms with Gasteiger partial charge in [0.2, 0.25) is 5.91 Å². The second kappa shape index (κ2) is 4.80. The average Bonchev–Trinajstić information content (AvgIpc) is 3.32. The number of carbonyl (C=O) groups is 2. The number of carboxylic acid groups (broad SMARTS) is 1. The number of carbonyl (C=O) groups excluding carboxylic acids is 1. The fourth-order valence-corrected chi connectivity index (χ4v) is 5.03. The van der Waals surface area contributed by atoms with Crippen LogP contribution in [0.25, 0.3) is 10.2 Å². The summed E-state index contributed by atoms with van der Waals surface area (Å²) < 4.78 is 12.0. The zero-order valence-corrected chi connectivity index (χ0v) is 14.0. The first kappa shape index (κ1) is 14.9. The van der Waals surface area contributed by atoms with Gasteiger partial charge in [-0.15, -0.1) is 0 Å². The quantitative estimate of drug-likeness (QED) is 0.840. The molecule has 0 aliphatic carbocycles. The van der Waals surface area contributed by atoms with Gasteiger partial charge in [-0.1, -0.05) is 23.5 Å². The molecule has 5 rings (SSSR count). The summed E-state index contributed by atoms with van der Waals surface area (Å²) in [6.45, 7) is 0.296. The van der Waals surface area contributed by atoms with Crippen LogP contribution < -0.4 is 9.64 Å². The van der Waals surface area contributed by atoms with Crippen LogP contribution in [-0.2, 0) is 14.3 Å². The van der Waals surface area contributed by atoms with Gasteiger partial charge in [-0.3, -0.25) is 14.5 Å². The van der Waals surface area contributed by atoms with Crippen molar-refractivity contribution in [1.29, 1.82) is 0 Å². The first-order chi connectivity index (χ1) is 12.0. The van der Waals surface area contributed by atoms with Crippen molar-refractivity contribution < 1.29 is 24.2 Å². The van der Waals surface area contributed by atoms with E-state index in [1.807, 2.05) is 24.3 Å². The molecule has 0 radical (unpaired) electrons. The van der Waals surface area contributed by atoms with E-state index in [-0.39, 0.29) is 5.91 Å². The largest absolute Gasteiger partial charge is 0.497 e. The Morgan fingerprint density at radius 1 is 1.52 bits per heavy atom. The van der Waals surface area contributed by atoms with Gasteiger partial charge in [0.15, 0.2) is 5.13 Å². The summed E-state index contributed by atoms with van der Waals surface area (Å²) in [6.07, 6.45) is 3.08. The molecule has 1 spiro atoms. The Morgan fingerprint density at radius 2 is 2.36 bits per heavy atom. The summed E-state index contributed by atoms with van der Waals surface area (Å²) in [7, 11) is 1.59. The van der Waals surface area contributed by atoms with Crippen LogP contribution in [0.15, 0.2) is 30.4 Å². The van der Waals surface area contributed by atoms with Crippen LogP contribution in [0.5, 0.6) is 5.75 Å². The highest BCUT2D eigenvalue weighted by atomic mass is 32.1. The van der Waals surface area contributed by atoms with E-state index < -0.39 is 29.5 Å². The minimum Gasteiger partial charge on any atom is -0.497 e. The zero-order chi connectivity index (χ0) is 17.3. The van der Waals surface area contributed by atoms with Gasteiger partial charge in [-0.2, -0.15) is 0 Å². The molecule has 1 amide bonds. The van der Waals surface area contributed by atoms with E-state index in [9.17, 15) is 14.7 Å². The summed E-state index contributed by atoms with van der Waals surface area (Å²) in [6, 6.07) is 5.56. The third kappa shape index (κ3) is 1.86. The smallest absolute Gasteiger partial charge is 0.310 e. The summed E-state index contributed by atoms with van der Waals surface area (Å²) in [5.41, 5.74) is -0.0994. The maximum atomic E-state index is 13.0. The Morgan fingerprint density at radius 3 is 3.12 bits per heavy atom. The van der Waals surface area contributed by atoms with Crippen LogP contribution >= 0.6 is 11.3 Å². The minimum absolute atomic E-state index is 0.231. The number of benzene rings is 1. The lowest BCUT2D eigenvalue weighted by Crippen LogP contribution is -2.39. The minimum atomic E-state index is -0.995. The number of thiazole rings is 1. The second-order valence-corrected chi connectivity index (χ2v) is 7.50. The standard InChI is InChI=1S/C17H14N2O5S/c1-23-8-2-3-11-9(6-8)18-16(25-11)19-7-17-5-4-10(24-17)12(15(21)22)13(17)14(19)20/h2-6,10,12-13H,7H2,1H3,(H,21,22)/t10-,12+,13-,17+/m1/s1. The highest BCUT2D eigenvalue weighted by Crippen LogP contribution is 2.53. The van der Waals surface area contributed by atoms with Crippen molar-refractivity contribution in [2.75, 3.05) is 18.6 Å². The van der Waals surface area contributed by atoms with Gasteiger partial charge in [-0.05, 0) is 12.1 Å². The number of hydrogen-bond acceptors (Lipinski definition) is 6. The summed E-state index contributed by atoms with van der Waals surface area (Å²) >= 11 is 1.40. The third-order valence-corrected chi connectivity index (χ3v) is 6.26. The van der Waals surface area contributed by atoms with Gasteiger partial charge in [0.05, 0.1) is 35.9 Å². The van der Waals surface area contributed by atoms with Gasteiger partial charge in [-0.25, -0.2) is 4.98 Å². The monoisotopic (exact) mass is 358 g/mol. The molecule has 25 heavy (non-hydrogen) atoms. The Hall–Kier alpha value is -2.45. The van der Waals surface area contributed by atoms with Crippen LogP contribution in [0.4, 0.5) is 5.13 Å². The van der Waals surface area contributed by atoms with E-state index >= 15 is 0 Å². The normalized spacial score (nSPS) is 32.6. The average molecular weight is 358 g/mol. The first-order valence-corrected chi connectivity index (χ1v) is 8.70. The highest BCUT2D eigenvalue weighted by Gasteiger charge is 2.67. The van der Waals surface area contributed by atoms with Crippen LogP contribution in [0.2, 0.25) is 0 Å². The Bertz CT molecular complexity index is 954. The van der Waals surface area contributed by atoms with E-state index in [0.29, 0.717) is 17.4 Å². The van der Waals surface area contributed by atoms with Crippen molar-refractivity contribution in [2.45, 2.75) is 11.7 Å². The van der Waals surface area contributed by atoms with Crippen LogP contribution in [-0.4, -0.2) is 47.3 Å². The molecule has 0 saturated carbocycles. The number of hydrogen-bond donors (Lipinski definition) is 1. The van der Waals surface area contributed by atoms with Crippen molar-refractivity contribution in [3.8, 4) is 5.75 Å². The number of rotatable bonds is 3. The lowest BCUT2D eigenvalue weighted by atomic mass is 9.77. The molecule has 1 N–H and O–H groups in total. The first-order valence-electron chi connectivity index (χ1n) is 7.88. The van der Waals surface area contributed by atoms with E-state index in [1.165, 1.54) is 11.3 Å². The molecule has 2 aromatic rings. The molecule has 3 aliphatic rings. The fraction of sp³-hybridized carbons (Fsp3) is 0.353. The number of aliphatic carboxylic acids is 1. The van der Waals surface area contributed by atoms with Crippen molar-refractivity contribution >= 4 is 38.6 Å². The van der Waals surface area contributed by atoms with E-state index in [0.717, 1.165) is 10.2 Å². The lowest BCUT2D eigenvalue weighted by molar-refractivity contribution is -0.146. The number of ether oxygens (including phenoxy) is 2. The Balaban J connectivity index is 1.55. The maximum Gasteiger partial charge on any atom is 0.310 e. The summed E-state index contributed by atoms with van der Waals surface area (Å²) in [4.78, 5) is 30.7. The van der Waals surface area contributed by atoms with Gasteiger partial charge >= 0.3 is 5.97 Å². The fourth-order valence-electron chi connectivity index (χ4n) is 4.08. The second-order valence-electron chi connectivity index (χ2n) is 6.49. The molecule has 3 aliphatic heterocycles. The topological polar surface area (TPSA) is 89.0 Å². The lowest BCUT2D eigenvalue weighted by Gasteiger charge is -2.21. The molecule has 2 saturated heterocycles. The van der Waals surface area contributed by atoms with Gasteiger partial charge in [0.1, 0.15) is 17.3 Å². The molecule has 1 aromatic heterocycles. The SMILES string of the molecule is COc1ccc2sc(N3C[C@]45C=C[C@@H](O4)[C@H](C(=O)O)[C@@H]5C3=O)nc2c1. The van der Waals surface area contributed by atoms with Gasteiger partial charge in [0, 0.05) is 6.07 Å². The molecular weight excluding hydrogens is 344 g/mol. The number of amides is 1. The van der Waals surface area contributed by atoms with Crippen molar-refractivity contribution in [3.63, 3.8) is 0 Å². The predicted octanol–water partition coefficient (Wildman–Crippen LogP) is 1.68. The molecule has 2 fully saturated rings. The molecule has 8 heteroatoms. The van der Waals surface area contributed by atoms with Crippen LogP contribution in [0.3, 0.4) is 0 Å². The molecule has 4 atom stereocenters. The maximum absolute atomic E-state index is 13.0. The zero-order valence-electron chi connectivity index (χ0n) is 13.2. The van der Waals surface area contributed by atoms with Crippen LogP contribution in [0.1, 0.15) is 0 Å². The highest BCUT2D eigenvalue weighted by molar-refractivity contribution is 7.22. The molecule has 2 bridgehead atoms. The molecule has 128 valence electrons. The molecule has 1 aromatic carbocycles. The number of nitrogens with zero attached hydrogens (tertiary/aromatic N) is 2. The van der Waals surface area contributed by atoms with Crippen LogP contribution in [0, 0.1) is 11.8 Å². The van der Waals surface area contributed by atoms with E-state index in [4.69, 9.17) is 9.47 Å². The Kier molecular flexibility index (Phi) is 2.85. The van der Waals surface area contributed by atoms with Gasteiger partial charge in [0.25, 0.3) is 0 Å². The molecule has 4 heterocycles. The molecular formula is C17H14N2O5S. The molecule has 7 nitrogen and oxygen atoms in total. The number of methoxy groups -OCH3 is 1. The summed E-state index contributed by atoms with van der Waals surface area (Å²) in [5, 5.41) is 10.1. The van der Waals surface area contributed by atoms with Crippen molar-refractivity contribution in [1.82, 2.24) is 4.98 Å². The summed E-state index contributed by atoms with van der Waals surface area (Å²) in [5.74, 6) is -2.06. The van der Waals surface area contributed by atoms with E-state index in [1.54, 1.807) is 18.1 Å². The number of fused-ring (bicyclic) bond motifs is 2. The van der Waals surface area contributed by atoms with E-state index in [2.05, 4.69) is 4.98 Å². The third-order valence-electron chi connectivity index (χ3n) is 5.20. The molecule has 0 unspecified atom stereocenters. The van der Waals surface area contributed by atoms with Crippen molar-refractivity contribution in [2.24, 2.45) is 11.8 Å². The van der Waals surface area contributed by atoms with Gasteiger partial charge < -0.3 is 14.6 Å². The predicted molar refractivity (Wildman–Crippen MR) is 89.9 cm³/mol. The van der Waals surface area contributed by atoms with Crippen molar-refractivity contribution in [3.05, 3.63) is 30.4 Å². The Labute approximate surface area is 146 Å². The number of aromatic nitrogens is 1. The number of anilines is 1.